The number of hydrogen-bond acceptors (Lipinski definition) is 4. The number of fused-ring (bicyclic) bond motifs is 1. The first-order chi connectivity index (χ1) is 11.2. The molecule has 0 aromatic heterocycles. The van der Waals surface area contributed by atoms with E-state index in [2.05, 4.69) is 5.32 Å². The molecule has 5 nitrogen and oxygen atoms in total. The van der Waals surface area contributed by atoms with Gasteiger partial charge >= 0.3 is 0 Å². The average Bonchev–Trinajstić information content (AvgIpc) is 2.55. The summed E-state index contributed by atoms with van der Waals surface area (Å²) in [7, 11) is 0. The number of unbranched alkanes of at least 4 members (excludes halogenated alkanes) is 3. The van der Waals surface area contributed by atoms with E-state index in [1.807, 2.05) is 12.1 Å². The number of halogens is 2. The zero-order valence-corrected chi connectivity index (χ0v) is 15.4. The van der Waals surface area contributed by atoms with Crippen LogP contribution in [0.3, 0.4) is 0 Å². The van der Waals surface area contributed by atoms with Crippen molar-refractivity contribution in [3.8, 4) is 11.5 Å². The molecule has 1 aliphatic heterocycles. The molecule has 2 rings (SSSR count). The molecule has 0 radical (unpaired) electrons. The number of ether oxygens (including phenoxy) is 2. The predicted molar refractivity (Wildman–Crippen MR) is 98.5 cm³/mol. The molecule has 1 heterocycles. The Morgan fingerprint density at radius 3 is 2.71 bits per heavy atom. The molecule has 0 unspecified atom stereocenters. The number of amides is 1. The van der Waals surface area contributed by atoms with Gasteiger partial charge in [-0.25, -0.2) is 0 Å². The van der Waals surface area contributed by atoms with Gasteiger partial charge < -0.3 is 20.5 Å². The van der Waals surface area contributed by atoms with Gasteiger partial charge in [0.25, 0.3) is 0 Å². The minimum Gasteiger partial charge on any atom is -0.486 e. The molecule has 24 heavy (non-hydrogen) atoms. The zero-order chi connectivity index (χ0) is 16.5. The summed E-state index contributed by atoms with van der Waals surface area (Å²) in [5.74, 6) is 1.40. The van der Waals surface area contributed by atoms with E-state index in [1.54, 1.807) is 0 Å². The first-order valence-corrected chi connectivity index (χ1v) is 8.63. The van der Waals surface area contributed by atoms with Crippen molar-refractivity contribution in [3.05, 3.63) is 22.7 Å². The molecule has 3 N–H and O–H groups in total. The molecule has 136 valence electrons. The molecular weight excluding hydrogens is 351 g/mol. The predicted octanol–water partition coefficient (Wildman–Crippen LogP) is 3.10. The normalized spacial score (nSPS) is 12.4. The molecule has 1 amide bonds. The summed E-state index contributed by atoms with van der Waals surface area (Å²) in [5.41, 5.74) is 6.47. The molecule has 0 saturated carbocycles. The molecular formula is C17H26Cl2N2O3. The Hall–Kier alpha value is -1.17. The number of rotatable bonds is 9. The van der Waals surface area contributed by atoms with Gasteiger partial charge in [-0.05, 0) is 43.5 Å². The second-order valence-corrected chi connectivity index (χ2v) is 6.06. The molecule has 0 atom stereocenters. The number of carbonyl (C=O) groups excluding carboxylic acids is 1. The summed E-state index contributed by atoms with van der Waals surface area (Å²) in [6, 6.07) is 3.80. The summed E-state index contributed by atoms with van der Waals surface area (Å²) in [6.07, 6.45) is 5.40. The van der Waals surface area contributed by atoms with Crippen LogP contribution in [0.1, 0.15) is 37.7 Å². The van der Waals surface area contributed by atoms with Crippen molar-refractivity contribution in [1.82, 2.24) is 5.32 Å². The van der Waals surface area contributed by atoms with E-state index in [0.29, 0.717) is 42.7 Å². The fourth-order valence-corrected chi connectivity index (χ4v) is 2.81. The molecule has 1 aromatic rings. The maximum atomic E-state index is 11.8. The Bertz CT molecular complexity index is 527. The van der Waals surface area contributed by atoms with Crippen molar-refractivity contribution in [1.29, 1.82) is 0 Å². The van der Waals surface area contributed by atoms with Gasteiger partial charge in [0.1, 0.15) is 13.2 Å². The number of nitrogens with one attached hydrogen (secondary N) is 1. The summed E-state index contributed by atoms with van der Waals surface area (Å²) in [5, 5.41) is 3.50. The van der Waals surface area contributed by atoms with E-state index in [-0.39, 0.29) is 18.3 Å². The van der Waals surface area contributed by atoms with Crippen molar-refractivity contribution >= 4 is 29.9 Å². The maximum Gasteiger partial charge on any atom is 0.220 e. The number of hydrogen-bond donors (Lipinski definition) is 2. The molecule has 0 spiro atoms. The highest BCUT2D eigenvalue weighted by atomic mass is 35.5. The minimum absolute atomic E-state index is 0. The lowest BCUT2D eigenvalue weighted by molar-refractivity contribution is -0.121. The Balaban J connectivity index is 0.00000288. The lowest BCUT2D eigenvalue weighted by atomic mass is 10.1. The number of benzene rings is 1. The van der Waals surface area contributed by atoms with E-state index in [1.165, 1.54) is 0 Å². The van der Waals surface area contributed by atoms with Crippen LogP contribution in [0.15, 0.2) is 12.1 Å². The highest BCUT2D eigenvalue weighted by molar-refractivity contribution is 6.32. The molecule has 0 aliphatic carbocycles. The van der Waals surface area contributed by atoms with Crippen LogP contribution < -0.4 is 20.5 Å². The smallest absolute Gasteiger partial charge is 0.220 e. The third-order valence-corrected chi connectivity index (χ3v) is 4.03. The third kappa shape index (κ3) is 6.75. The van der Waals surface area contributed by atoms with Crippen LogP contribution in [-0.2, 0) is 11.2 Å². The molecule has 0 fully saturated rings. The van der Waals surface area contributed by atoms with Gasteiger partial charge in [-0.3, -0.25) is 4.79 Å². The van der Waals surface area contributed by atoms with E-state index < -0.39 is 0 Å². The van der Waals surface area contributed by atoms with Crippen LogP contribution in [0, 0.1) is 0 Å². The average molecular weight is 377 g/mol. The first-order valence-electron chi connectivity index (χ1n) is 8.25. The third-order valence-electron chi connectivity index (χ3n) is 3.75. The number of nitrogens with two attached hydrogens (primary N) is 1. The SMILES string of the molecule is Cl.NCCCCCCC(=O)NCCc1cc(Cl)c2c(c1)OCCO2. The molecule has 1 aromatic carbocycles. The van der Waals surface area contributed by atoms with E-state index in [9.17, 15) is 4.79 Å². The summed E-state index contributed by atoms with van der Waals surface area (Å²) in [4.78, 5) is 11.8. The van der Waals surface area contributed by atoms with Crippen molar-refractivity contribution in [2.75, 3.05) is 26.3 Å². The fraction of sp³-hybridized carbons (Fsp3) is 0.588. The minimum atomic E-state index is 0. The van der Waals surface area contributed by atoms with Crippen molar-refractivity contribution in [2.24, 2.45) is 5.73 Å². The second-order valence-electron chi connectivity index (χ2n) is 5.65. The van der Waals surface area contributed by atoms with Crippen LogP contribution in [0.5, 0.6) is 11.5 Å². The van der Waals surface area contributed by atoms with Crippen molar-refractivity contribution in [3.63, 3.8) is 0 Å². The highest BCUT2D eigenvalue weighted by Crippen LogP contribution is 2.38. The van der Waals surface area contributed by atoms with Gasteiger partial charge in [0, 0.05) is 13.0 Å². The monoisotopic (exact) mass is 376 g/mol. The van der Waals surface area contributed by atoms with Crippen LogP contribution in [-0.4, -0.2) is 32.2 Å². The first kappa shape index (κ1) is 20.9. The highest BCUT2D eigenvalue weighted by Gasteiger charge is 2.16. The molecule has 0 bridgehead atoms. The lowest BCUT2D eigenvalue weighted by Crippen LogP contribution is -2.25. The van der Waals surface area contributed by atoms with Crippen molar-refractivity contribution < 1.29 is 14.3 Å². The summed E-state index contributed by atoms with van der Waals surface area (Å²) >= 11 is 6.20. The summed E-state index contributed by atoms with van der Waals surface area (Å²) < 4.78 is 11.0. The van der Waals surface area contributed by atoms with Gasteiger partial charge in [-0.2, -0.15) is 0 Å². The van der Waals surface area contributed by atoms with E-state index in [0.717, 1.165) is 44.2 Å². The van der Waals surface area contributed by atoms with Gasteiger partial charge in [-0.15, -0.1) is 12.4 Å². The Morgan fingerprint density at radius 2 is 1.92 bits per heavy atom. The van der Waals surface area contributed by atoms with Crippen LogP contribution >= 0.6 is 24.0 Å². The molecule has 0 saturated heterocycles. The Labute approximate surface area is 154 Å². The quantitative estimate of drug-likeness (QED) is 0.649. The van der Waals surface area contributed by atoms with E-state index in [4.69, 9.17) is 26.8 Å². The van der Waals surface area contributed by atoms with Crippen LogP contribution in [0.4, 0.5) is 0 Å². The Morgan fingerprint density at radius 1 is 1.17 bits per heavy atom. The van der Waals surface area contributed by atoms with Crippen LogP contribution in [0.2, 0.25) is 5.02 Å². The lowest BCUT2D eigenvalue weighted by Gasteiger charge is -2.20. The second kappa shape index (κ2) is 11.4. The zero-order valence-electron chi connectivity index (χ0n) is 13.8. The largest absolute Gasteiger partial charge is 0.486 e. The Kier molecular flexibility index (Phi) is 9.91. The van der Waals surface area contributed by atoms with Gasteiger partial charge in [0.05, 0.1) is 5.02 Å². The molecule has 7 heteroatoms. The summed E-state index contributed by atoms with van der Waals surface area (Å²) in [6.45, 7) is 2.38. The molecule has 1 aliphatic rings. The maximum absolute atomic E-state index is 11.8. The van der Waals surface area contributed by atoms with Gasteiger partial charge in [0.15, 0.2) is 11.5 Å². The number of carbonyl (C=O) groups is 1. The van der Waals surface area contributed by atoms with Crippen LogP contribution in [0.25, 0.3) is 0 Å². The van der Waals surface area contributed by atoms with Crippen molar-refractivity contribution in [2.45, 2.75) is 38.5 Å². The van der Waals surface area contributed by atoms with E-state index >= 15 is 0 Å². The van der Waals surface area contributed by atoms with Gasteiger partial charge in [0.2, 0.25) is 5.91 Å². The standard InChI is InChI=1S/C17H25ClN2O3.ClH/c18-14-11-13(12-15-17(14)23-10-9-22-15)6-8-20-16(21)5-3-1-2-4-7-19;/h11-12H,1-10,19H2,(H,20,21);1H. The topological polar surface area (TPSA) is 73.6 Å². The fourth-order valence-electron chi connectivity index (χ4n) is 2.53. The van der Waals surface area contributed by atoms with Gasteiger partial charge in [-0.1, -0.05) is 24.4 Å².